The molecular weight excluding hydrogens is 140 g/mol. The van der Waals surface area contributed by atoms with Gasteiger partial charge in [-0.2, -0.15) is 0 Å². The van der Waals surface area contributed by atoms with Crippen LogP contribution in [0.1, 0.15) is 34.6 Å². The van der Waals surface area contributed by atoms with Gasteiger partial charge in [0.05, 0.1) is 11.3 Å². The molecule has 0 aromatic carbocycles. The molecule has 0 amide bonds. The molecule has 0 aliphatic heterocycles. The largest absolute Gasteiger partial charge is 0.411 e. The second-order valence-electron chi connectivity index (χ2n) is 3.61. The molecule has 0 aliphatic carbocycles. The minimum absolute atomic E-state index is 0.219. The van der Waals surface area contributed by atoms with E-state index in [0.717, 1.165) is 0 Å². The Morgan fingerprint density at radius 3 is 2.18 bits per heavy atom. The van der Waals surface area contributed by atoms with Crippen molar-refractivity contribution in [3.63, 3.8) is 0 Å². The number of hydrogen-bond acceptors (Lipinski definition) is 3. The summed E-state index contributed by atoms with van der Waals surface area (Å²) in [5.74, 6) is 0. The zero-order valence-corrected chi connectivity index (χ0v) is 7.97. The van der Waals surface area contributed by atoms with Crippen molar-refractivity contribution in [2.24, 2.45) is 5.16 Å². The maximum Gasteiger partial charge on any atom is 0.0734 e. The average molecular weight is 158 g/mol. The summed E-state index contributed by atoms with van der Waals surface area (Å²) in [6.45, 7) is 9.90. The third kappa shape index (κ3) is 3.37. The lowest BCUT2D eigenvalue weighted by Crippen LogP contribution is -2.48. The molecular formula is C8H18N2O. The number of nitrogens with one attached hydrogen (secondary N) is 1. The second-order valence-corrected chi connectivity index (χ2v) is 3.61. The van der Waals surface area contributed by atoms with Gasteiger partial charge in [0.1, 0.15) is 0 Å². The molecule has 0 spiro atoms. The van der Waals surface area contributed by atoms with Crippen LogP contribution in [0.2, 0.25) is 0 Å². The first-order valence-corrected chi connectivity index (χ1v) is 3.87. The van der Waals surface area contributed by atoms with Gasteiger partial charge in [0.25, 0.3) is 0 Å². The molecule has 0 heterocycles. The van der Waals surface area contributed by atoms with E-state index in [4.69, 9.17) is 5.21 Å². The van der Waals surface area contributed by atoms with Crippen molar-refractivity contribution in [2.45, 2.75) is 46.2 Å². The SMILES string of the molecule is C/C(=N\O)C(C)(C)NC(C)C. The Morgan fingerprint density at radius 1 is 1.45 bits per heavy atom. The first-order chi connectivity index (χ1) is 4.90. The van der Waals surface area contributed by atoms with Gasteiger partial charge in [-0.1, -0.05) is 19.0 Å². The Bertz CT molecular complexity index is 150. The summed E-state index contributed by atoms with van der Waals surface area (Å²) in [4.78, 5) is 0. The fraction of sp³-hybridized carbons (Fsp3) is 0.875. The van der Waals surface area contributed by atoms with Gasteiger partial charge in [0.15, 0.2) is 0 Å². The molecule has 0 aromatic rings. The molecule has 0 fully saturated rings. The van der Waals surface area contributed by atoms with E-state index in [9.17, 15) is 0 Å². The molecule has 2 N–H and O–H groups in total. The van der Waals surface area contributed by atoms with Crippen LogP contribution < -0.4 is 5.32 Å². The van der Waals surface area contributed by atoms with Gasteiger partial charge in [0.2, 0.25) is 0 Å². The van der Waals surface area contributed by atoms with Gasteiger partial charge in [0, 0.05) is 6.04 Å². The van der Waals surface area contributed by atoms with Crippen molar-refractivity contribution in [3.05, 3.63) is 0 Å². The summed E-state index contributed by atoms with van der Waals surface area (Å²) in [6.07, 6.45) is 0. The van der Waals surface area contributed by atoms with Crippen molar-refractivity contribution in [1.82, 2.24) is 5.32 Å². The zero-order valence-electron chi connectivity index (χ0n) is 7.97. The third-order valence-electron chi connectivity index (χ3n) is 1.70. The number of oxime groups is 1. The van der Waals surface area contributed by atoms with Gasteiger partial charge >= 0.3 is 0 Å². The van der Waals surface area contributed by atoms with Crippen LogP contribution in [0.5, 0.6) is 0 Å². The topological polar surface area (TPSA) is 44.6 Å². The van der Waals surface area contributed by atoms with E-state index in [2.05, 4.69) is 24.3 Å². The average Bonchev–Trinajstić information content (AvgIpc) is 1.83. The highest BCUT2D eigenvalue weighted by Crippen LogP contribution is 2.06. The zero-order chi connectivity index (χ0) is 9.07. The minimum Gasteiger partial charge on any atom is -0.411 e. The Hall–Kier alpha value is -0.570. The first kappa shape index (κ1) is 10.4. The summed E-state index contributed by atoms with van der Waals surface area (Å²) in [5, 5.41) is 15.0. The lowest BCUT2D eigenvalue weighted by atomic mass is 9.99. The van der Waals surface area contributed by atoms with E-state index < -0.39 is 0 Å². The molecule has 0 atom stereocenters. The van der Waals surface area contributed by atoms with E-state index in [0.29, 0.717) is 11.8 Å². The molecule has 0 rings (SSSR count). The van der Waals surface area contributed by atoms with Gasteiger partial charge < -0.3 is 10.5 Å². The molecule has 3 nitrogen and oxygen atoms in total. The van der Waals surface area contributed by atoms with Gasteiger partial charge in [-0.25, -0.2) is 0 Å². The van der Waals surface area contributed by atoms with Crippen LogP contribution in [0.25, 0.3) is 0 Å². The van der Waals surface area contributed by atoms with Crippen LogP contribution >= 0.6 is 0 Å². The molecule has 11 heavy (non-hydrogen) atoms. The molecule has 0 aromatic heterocycles. The van der Waals surface area contributed by atoms with Crippen molar-refractivity contribution in [1.29, 1.82) is 0 Å². The minimum atomic E-state index is -0.219. The second kappa shape index (κ2) is 3.72. The standard InChI is InChI=1S/C8H18N2O/c1-6(2)9-8(4,5)7(3)10-11/h6,9,11H,1-5H3/b10-7+. The highest BCUT2D eigenvalue weighted by Gasteiger charge is 2.22. The molecule has 0 aliphatic rings. The molecule has 0 bridgehead atoms. The lowest BCUT2D eigenvalue weighted by molar-refractivity contribution is 0.309. The molecule has 66 valence electrons. The summed E-state index contributed by atoms with van der Waals surface area (Å²) >= 11 is 0. The van der Waals surface area contributed by atoms with E-state index in [-0.39, 0.29) is 5.54 Å². The van der Waals surface area contributed by atoms with Crippen LogP contribution in [0, 0.1) is 0 Å². The Labute approximate surface area is 68.5 Å². The first-order valence-electron chi connectivity index (χ1n) is 3.87. The Morgan fingerprint density at radius 2 is 1.91 bits per heavy atom. The number of rotatable bonds is 3. The van der Waals surface area contributed by atoms with Crippen LogP contribution in [0.3, 0.4) is 0 Å². The quantitative estimate of drug-likeness (QED) is 0.372. The van der Waals surface area contributed by atoms with Gasteiger partial charge in [-0.05, 0) is 20.8 Å². The van der Waals surface area contributed by atoms with Crippen molar-refractivity contribution in [2.75, 3.05) is 0 Å². The van der Waals surface area contributed by atoms with E-state index in [1.54, 1.807) is 6.92 Å². The van der Waals surface area contributed by atoms with Gasteiger partial charge in [-0.3, -0.25) is 0 Å². The lowest BCUT2D eigenvalue weighted by Gasteiger charge is -2.27. The molecule has 3 heteroatoms. The number of hydrogen-bond donors (Lipinski definition) is 2. The van der Waals surface area contributed by atoms with Crippen LogP contribution in [-0.4, -0.2) is 22.5 Å². The Kier molecular flexibility index (Phi) is 3.52. The maximum absolute atomic E-state index is 8.53. The summed E-state index contributed by atoms with van der Waals surface area (Å²) in [5.41, 5.74) is 0.481. The van der Waals surface area contributed by atoms with E-state index in [1.165, 1.54) is 0 Å². The molecule has 0 unspecified atom stereocenters. The smallest absolute Gasteiger partial charge is 0.0734 e. The predicted octanol–water partition coefficient (Wildman–Crippen LogP) is 1.61. The molecule has 0 saturated heterocycles. The van der Waals surface area contributed by atoms with Crippen LogP contribution in [0.15, 0.2) is 5.16 Å². The highest BCUT2D eigenvalue weighted by atomic mass is 16.4. The number of nitrogens with zero attached hydrogens (tertiary/aromatic N) is 1. The monoisotopic (exact) mass is 158 g/mol. The summed E-state index contributed by atoms with van der Waals surface area (Å²) in [7, 11) is 0. The van der Waals surface area contributed by atoms with Crippen LogP contribution in [0.4, 0.5) is 0 Å². The fourth-order valence-electron chi connectivity index (χ4n) is 0.951. The van der Waals surface area contributed by atoms with Crippen molar-refractivity contribution >= 4 is 5.71 Å². The highest BCUT2D eigenvalue weighted by molar-refractivity contribution is 5.90. The maximum atomic E-state index is 8.53. The summed E-state index contributed by atoms with van der Waals surface area (Å²) < 4.78 is 0. The fourth-order valence-corrected chi connectivity index (χ4v) is 0.951. The normalized spacial score (nSPS) is 14.2. The summed E-state index contributed by atoms with van der Waals surface area (Å²) in [6, 6.07) is 0.390. The van der Waals surface area contributed by atoms with Crippen LogP contribution in [-0.2, 0) is 0 Å². The van der Waals surface area contributed by atoms with Crippen molar-refractivity contribution < 1.29 is 5.21 Å². The molecule has 0 radical (unpaired) electrons. The third-order valence-corrected chi connectivity index (χ3v) is 1.70. The molecule has 0 saturated carbocycles. The van der Waals surface area contributed by atoms with E-state index in [1.807, 2.05) is 13.8 Å². The predicted molar refractivity (Wildman–Crippen MR) is 47.2 cm³/mol. The van der Waals surface area contributed by atoms with E-state index >= 15 is 0 Å². The van der Waals surface area contributed by atoms with Gasteiger partial charge in [-0.15, -0.1) is 0 Å². The Balaban J connectivity index is 4.22. The van der Waals surface area contributed by atoms with Crippen molar-refractivity contribution in [3.8, 4) is 0 Å².